The Morgan fingerprint density at radius 3 is 2.38 bits per heavy atom. The van der Waals surface area contributed by atoms with Crippen LogP contribution in [0.3, 0.4) is 0 Å². The number of amides is 1. The molecule has 1 aliphatic rings. The zero-order chi connectivity index (χ0) is 9.90. The second kappa shape index (κ2) is 4.09. The number of likely N-dealkylation sites (tertiary alicyclic amines) is 1. The maximum atomic E-state index is 11.4. The van der Waals surface area contributed by atoms with Crippen molar-refractivity contribution in [1.82, 2.24) is 4.90 Å². The first-order valence-electron chi connectivity index (χ1n) is 4.82. The minimum Gasteiger partial charge on any atom is -0.375 e. The number of rotatable bonds is 2. The number of hydrogen-bond acceptors (Lipinski definition) is 2. The monoisotopic (exact) mass is 185 g/mol. The molecule has 0 aliphatic carbocycles. The number of ether oxygens (including phenoxy) is 1. The van der Waals surface area contributed by atoms with Crippen molar-refractivity contribution < 1.29 is 9.53 Å². The topological polar surface area (TPSA) is 29.5 Å². The standard InChI is InChI=1S/C10H19NO2/c1-10(2)4-6-11(7-5-10)9(12)8-13-3/h4-8H2,1-3H3. The average molecular weight is 185 g/mol. The fourth-order valence-electron chi connectivity index (χ4n) is 1.58. The van der Waals surface area contributed by atoms with E-state index in [-0.39, 0.29) is 12.5 Å². The second-order valence-corrected chi connectivity index (χ2v) is 4.48. The van der Waals surface area contributed by atoms with Crippen molar-refractivity contribution >= 4 is 5.91 Å². The lowest BCUT2D eigenvalue weighted by Gasteiger charge is -2.36. The fraction of sp³-hybridized carbons (Fsp3) is 0.900. The third-order valence-electron chi connectivity index (χ3n) is 2.74. The van der Waals surface area contributed by atoms with Gasteiger partial charge in [-0.25, -0.2) is 0 Å². The van der Waals surface area contributed by atoms with Gasteiger partial charge in [0.05, 0.1) is 0 Å². The fourth-order valence-corrected chi connectivity index (χ4v) is 1.58. The minimum atomic E-state index is 0.123. The van der Waals surface area contributed by atoms with Crippen LogP contribution in [-0.2, 0) is 9.53 Å². The molecule has 1 amide bonds. The molecule has 0 bridgehead atoms. The van der Waals surface area contributed by atoms with Gasteiger partial charge in [-0.1, -0.05) is 13.8 Å². The smallest absolute Gasteiger partial charge is 0.248 e. The van der Waals surface area contributed by atoms with Crippen molar-refractivity contribution in [3.8, 4) is 0 Å². The first-order chi connectivity index (χ1) is 6.05. The second-order valence-electron chi connectivity index (χ2n) is 4.48. The number of carbonyl (C=O) groups is 1. The molecule has 0 saturated carbocycles. The summed E-state index contributed by atoms with van der Waals surface area (Å²) in [7, 11) is 1.56. The number of carbonyl (C=O) groups excluding carboxylic acids is 1. The molecule has 1 heterocycles. The van der Waals surface area contributed by atoms with Crippen LogP contribution in [0.5, 0.6) is 0 Å². The van der Waals surface area contributed by atoms with E-state index in [0.717, 1.165) is 25.9 Å². The predicted molar refractivity (Wildman–Crippen MR) is 51.5 cm³/mol. The van der Waals surface area contributed by atoms with E-state index >= 15 is 0 Å². The van der Waals surface area contributed by atoms with Gasteiger partial charge >= 0.3 is 0 Å². The number of nitrogens with zero attached hydrogens (tertiary/aromatic N) is 1. The molecule has 0 aromatic rings. The lowest BCUT2D eigenvalue weighted by molar-refractivity contribution is -0.137. The molecule has 0 N–H and O–H groups in total. The van der Waals surface area contributed by atoms with Crippen molar-refractivity contribution in [1.29, 1.82) is 0 Å². The largest absolute Gasteiger partial charge is 0.375 e. The summed E-state index contributed by atoms with van der Waals surface area (Å²) in [6, 6.07) is 0. The van der Waals surface area contributed by atoms with Crippen molar-refractivity contribution in [3.05, 3.63) is 0 Å². The highest BCUT2D eigenvalue weighted by Gasteiger charge is 2.27. The van der Waals surface area contributed by atoms with Crippen molar-refractivity contribution in [3.63, 3.8) is 0 Å². The van der Waals surface area contributed by atoms with E-state index in [0.29, 0.717) is 5.41 Å². The lowest BCUT2D eigenvalue weighted by Crippen LogP contribution is -2.42. The van der Waals surface area contributed by atoms with Crippen LogP contribution in [0.15, 0.2) is 0 Å². The van der Waals surface area contributed by atoms with Crippen LogP contribution in [0.1, 0.15) is 26.7 Å². The Morgan fingerprint density at radius 1 is 1.38 bits per heavy atom. The molecular weight excluding hydrogens is 166 g/mol. The maximum Gasteiger partial charge on any atom is 0.248 e. The summed E-state index contributed by atoms with van der Waals surface area (Å²) in [6.45, 7) is 6.50. The predicted octanol–water partition coefficient (Wildman–Crippen LogP) is 1.28. The van der Waals surface area contributed by atoms with Crippen LogP contribution in [0.2, 0.25) is 0 Å². The molecular formula is C10H19NO2. The van der Waals surface area contributed by atoms with Crippen molar-refractivity contribution in [2.24, 2.45) is 5.41 Å². The van der Waals surface area contributed by atoms with Crippen LogP contribution < -0.4 is 0 Å². The molecule has 1 fully saturated rings. The van der Waals surface area contributed by atoms with Gasteiger partial charge in [-0.05, 0) is 18.3 Å². The van der Waals surface area contributed by atoms with E-state index in [9.17, 15) is 4.79 Å². The number of methoxy groups -OCH3 is 1. The molecule has 1 saturated heterocycles. The summed E-state index contributed by atoms with van der Waals surface area (Å²) >= 11 is 0. The van der Waals surface area contributed by atoms with E-state index < -0.39 is 0 Å². The van der Waals surface area contributed by atoms with Gasteiger partial charge in [-0.2, -0.15) is 0 Å². The highest BCUT2D eigenvalue weighted by molar-refractivity contribution is 5.77. The minimum absolute atomic E-state index is 0.123. The Balaban J connectivity index is 2.36. The van der Waals surface area contributed by atoms with Crippen LogP contribution in [-0.4, -0.2) is 37.6 Å². The maximum absolute atomic E-state index is 11.4. The Bertz CT molecular complexity index is 179. The quantitative estimate of drug-likeness (QED) is 0.648. The zero-order valence-electron chi connectivity index (χ0n) is 8.80. The SMILES string of the molecule is COCC(=O)N1CCC(C)(C)CC1. The molecule has 0 aromatic heterocycles. The third-order valence-corrected chi connectivity index (χ3v) is 2.74. The average Bonchev–Trinajstić information content (AvgIpc) is 2.04. The highest BCUT2D eigenvalue weighted by Crippen LogP contribution is 2.29. The molecule has 1 rings (SSSR count). The summed E-state index contributed by atoms with van der Waals surface area (Å²) in [5.41, 5.74) is 0.407. The van der Waals surface area contributed by atoms with Crippen molar-refractivity contribution in [2.75, 3.05) is 26.8 Å². The molecule has 0 aromatic carbocycles. The molecule has 1 aliphatic heterocycles. The Morgan fingerprint density at radius 2 is 1.92 bits per heavy atom. The normalized spacial score (nSPS) is 21.6. The first-order valence-corrected chi connectivity index (χ1v) is 4.82. The molecule has 76 valence electrons. The van der Waals surface area contributed by atoms with Crippen LogP contribution >= 0.6 is 0 Å². The summed E-state index contributed by atoms with van der Waals surface area (Å²) in [5.74, 6) is 0.123. The van der Waals surface area contributed by atoms with Crippen LogP contribution in [0, 0.1) is 5.41 Å². The summed E-state index contributed by atoms with van der Waals surface area (Å²) in [4.78, 5) is 13.3. The van der Waals surface area contributed by atoms with Gasteiger partial charge in [-0.15, -0.1) is 0 Å². The van der Waals surface area contributed by atoms with Gasteiger partial charge in [0.2, 0.25) is 5.91 Å². The lowest BCUT2D eigenvalue weighted by atomic mass is 9.83. The summed E-state index contributed by atoms with van der Waals surface area (Å²) in [6.07, 6.45) is 2.20. The van der Waals surface area contributed by atoms with E-state index in [1.807, 2.05) is 4.90 Å². The number of piperidine rings is 1. The van der Waals surface area contributed by atoms with E-state index in [4.69, 9.17) is 4.74 Å². The molecule has 0 radical (unpaired) electrons. The van der Waals surface area contributed by atoms with E-state index in [1.54, 1.807) is 7.11 Å². The Kier molecular flexibility index (Phi) is 3.31. The molecule has 3 heteroatoms. The number of hydrogen-bond donors (Lipinski definition) is 0. The van der Waals surface area contributed by atoms with E-state index in [2.05, 4.69) is 13.8 Å². The zero-order valence-corrected chi connectivity index (χ0v) is 8.80. The van der Waals surface area contributed by atoms with Gasteiger partial charge in [0.25, 0.3) is 0 Å². The Hall–Kier alpha value is -0.570. The summed E-state index contributed by atoms with van der Waals surface area (Å²) < 4.78 is 4.82. The molecule has 0 spiro atoms. The molecule has 13 heavy (non-hydrogen) atoms. The highest BCUT2D eigenvalue weighted by atomic mass is 16.5. The van der Waals surface area contributed by atoms with Crippen molar-refractivity contribution in [2.45, 2.75) is 26.7 Å². The molecule has 0 atom stereocenters. The Labute approximate surface area is 80.1 Å². The summed E-state index contributed by atoms with van der Waals surface area (Å²) in [5, 5.41) is 0. The van der Waals surface area contributed by atoms with Gasteiger partial charge < -0.3 is 9.64 Å². The third kappa shape index (κ3) is 2.99. The van der Waals surface area contributed by atoms with Gasteiger partial charge in [0.1, 0.15) is 6.61 Å². The van der Waals surface area contributed by atoms with Crippen LogP contribution in [0.25, 0.3) is 0 Å². The van der Waals surface area contributed by atoms with Gasteiger partial charge in [-0.3, -0.25) is 4.79 Å². The van der Waals surface area contributed by atoms with Gasteiger partial charge in [0.15, 0.2) is 0 Å². The molecule has 0 unspecified atom stereocenters. The van der Waals surface area contributed by atoms with Crippen LogP contribution in [0.4, 0.5) is 0 Å². The van der Waals surface area contributed by atoms with Gasteiger partial charge in [0, 0.05) is 20.2 Å². The first kappa shape index (κ1) is 10.5. The van der Waals surface area contributed by atoms with E-state index in [1.165, 1.54) is 0 Å². The molecule has 3 nitrogen and oxygen atoms in total.